The van der Waals surface area contributed by atoms with Crippen LogP contribution in [0.5, 0.6) is 0 Å². The Morgan fingerprint density at radius 1 is 0.489 bits per heavy atom. The predicted octanol–water partition coefficient (Wildman–Crippen LogP) is 5.87. The molecule has 20 heteroatoms. The van der Waals surface area contributed by atoms with E-state index in [2.05, 4.69) is 211 Å². The molecule has 0 unspecified atom stereocenters. The molecule has 6 rings (SSSR count). The standard InChI is InChI=1S/C13H22N2O.C11H20N2O2S.C11H18N2O.C11H20N2.C11H19NO2S.C11H19NOS.2CH4/c1-12(16)15-10-8-14(9-11-15)7-5-6-13(2,3)4;1-11(2)5-4-6-12-7-9-13(10-8-12)16(3,14)15;1-10(2)5-4-6-13-8-7-12(3)9-11(13)14;1-11(2)5-4-6-13-9-7-12(3)8-10-13;1-11(2,3)5-4-6-12-7-9-15(13,14)10-8-12;1-11(2,3)5-4-6-12-7-9-14(13)10-8-12;;/h7-11H2,1-4H3;11H,6-10H2,1-3H3;10H,6-9H2,1-3H3;11H,6-10H2,1-3H3;6-10H2,1-3H3;6-10H2,1-3H3;2*1H4. The van der Waals surface area contributed by atoms with Gasteiger partial charge >= 0.3 is 0 Å². The van der Waals surface area contributed by atoms with Gasteiger partial charge in [-0.05, 0) is 76.4 Å². The molecule has 6 saturated heterocycles. The molecule has 516 valence electrons. The molecular formula is C70H126N10O7S3. The van der Waals surface area contributed by atoms with Crippen molar-refractivity contribution < 1.29 is 30.6 Å². The molecular weight excluding hydrogens is 1190 g/mol. The Morgan fingerprint density at radius 2 is 0.811 bits per heavy atom. The fourth-order valence-electron chi connectivity index (χ4n) is 8.50. The minimum Gasteiger partial charge on any atom is -0.340 e. The zero-order valence-electron chi connectivity index (χ0n) is 58.3. The Balaban J connectivity index is 0. The number of carbonyl (C=O) groups is 2. The number of hydrogen-bond donors (Lipinski definition) is 0. The molecule has 90 heavy (non-hydrogen) atoms. The number of piperazine rings is 4. The van der Waals surface area contributed by atoms with Crippen LogP contribution in [-0.2, 0) is 40.2 Å². The number of carbonyl (C=O) groups excluding carboxylic acids is 2. The van der Waals surface area contributed by atoms with E-state index in [1.165, 1.54) is 36.7 Å². The fourth-order valence-corrected chi connectivity index (χ4v) is 11.7. The Labute approximate surface area is 556 Å². The summed E-state index contributed by atoms with van der Waals surface area (Å²) in [6.07, 6.45) is 1.27. The molecule has 2 amide bonds. The van der Waals surface area contributed by atoms with E-state index in [-0.39, 0.29) is 54.4 Å². The number of sulfonamides is 1. The lowest BCUT2D eigenvalue weighted by Gasteiger charge is -2.33. The van der Waals surface area contributed by atoms with Crippen LogP contribution in [0.15, 0.2) is 0 Å². The zero-order valence-corrected chi connectivity index (χ0v) is 60.7. The van der Waals surface area contributed by atoms with Gasteiger partial charge in [-0.15, -0.1) is 0 Å². The number of amides is 2. The van der Waals surface area contributed by atoms with Crippen molar-refractivity contribution in [2.75, 3.05) is 207 Å². The molecule has 0 saturated carbocycles. The van der Waals surface area contributed by atoms with E-state index in [1.807, 2.05) is 21.7 Å². The number of rotatable bonds is 7. The maximum absolute atomic E-state index is 11.5. The van der Waals surface area contributed by atoms with Gasteiger partial charge in [0.1, 0.15) is 0 Å². The SMILES string of the molecule is C.C.CC(=O)N1CCN(CC#CC(C)(C)C)CC1.CC(C)(C)C#CCN1CCS(=O)(=O)CC1.CC(C)(C)C#CCN1CCS(=O)CC1.CC(C)C#CCN1CCN(C)CC1.CC(C)C#CCN1CCN(C)CC1=O.CC(C)C#CCN1CCN(S(C)(=O)=O)CC1. The smallest absolute Gasteiger partial charge is 0.237 e. The van der Waals surface area contributed by atoms with Crippen molar-refractivity contribution in [1.29, 1.82) is 0 Å². The molecule has 0 radical (unpaired) electrons. The van der Waals surface area contributed by atoms with Crippen LogP contribution in [-0.4, -0.2) is 288 Å². The minimum absolute atomic E-state index is 0. The van der Waals surface area contributed by atoms with E-state index in [4.69, 9.17) is 0 Å². The second-order valence-corrected chi connectivity index (χ2v) is 33.5. The van der Waals surface area contributed by atoms with Crippen molar-refractivity contribution >= 4 is 42.5 Å². The van der Waals surface area contributed by atoms with Crippen molar-refractivity contribution in [3.05, 3.63) is 0 Å². The molecule has 0 aromatic carbocycles. The number of sulfone groups is 1. The summed E-state index contributed by atoms with van der Waals surface area (Å²) in [6.45, 7) is 54.1. The largest absolute Gasteiger partial charge is 0.340 e. The van der Waals surface area contributed by atoms with Crippen molar-refractivity contribution in [1.82, 2.24) is 48.4 Å². The first-order valence-electron chi connectivity index (χ1n) is 31.8. The summed E-state index contributed by atoms with van der Waals surface area (Å²) in [5.41, 5.74) is 0.210. The quantitative estimate of drug-likeness (QED) is 0.280. The van der Waals surface area contributed by atoms with Crippen molar-refractivity contribution in [2.45, 2.75) is 126 Å². The van der Waals surface area contributed by atoms with Gasteiger partial charge in [0.25, 0.3) is 0 Å². The Bertz CT molecular complexity index is 2710. The summed E-state index contributed by atoms with van der Waals surface area (Å²) in [5, 5.41) is 0. The Hall–Kier alpha value is -3.97. The first kappa shape index (κ1) is 88.1. The summed E-state index contributed by atoms with van der Waals surface area (Å²) in [7, 11) is -2.20. The zero-order chi connectivity index (χ0) is 66.7. The van der Waals surface area contributed by atoms with E-state index < -0.39 is 30.7 Å². The third-order valence-corrected chi connectivity index (χ3v) is 18.0. The molecule has 6 fully saturated rings. The summed E-state index contributed by atoms with van der Waals surface area (Å²) in [6, 6.07) is 0. The number of likely N-dealkylation sites (N-methyl/N-ethyl adjacent to an activating group) is 2. The Morgan fingerprint density at radius 3 is 1.16 bits per heavy atom. The lowest BCUT2D eigenvalue weighted by Crippen LogP contribution is -2.48. The number of hydrogen-bond acceptors (Lipinski definition) is 14. The van der Waals surface area contributed by atoms with Gasteiger partial charge in [-0.3, -0.25) is 43.2 Å². The van der Waals surface area contributed by atoms with Gasteiger partial charge in [0.05, 0.1) is 63.6 Å². The van der Waals surface area contributed by atoms with Crippen molar-refractivity contribution in [3.8, 4) is 71.0 Å². The van der Waals surface area contributed by atoms with Crippen LogP contribution < -0.4 is 0 Å². The lowest BCUT2D eigenvalue weighted by atomic mass is 9.98. The lowest BCUT2D eigenvalue weighted by molar-refractivity contribution is -0.134. The van der Waals surface area contributed by atoms with Crippen LogP contribution in [0.4, 0.5) is 0 Å². The molecule has 6 heterocycles. The van der Waals surface area contributed by atoms with Crippen LogP contribution in [0.1, 0.15) is 126 Å². The van der Waals surface area contributed by atoms with Gasteiger partial charge in [0.15, 0.2) is 9.84 Å². The monoisotopic (exact) mass is 1310 g/mol. The Kier molecular flexibility index (Phi) is 44.4. The molecule has 0 aromatic rings. The first-order chi connectivity index (χ1) is 40.8. The maximum atomic E-state index is 11.5. The van der Waals surface area contributed by atoms with Gasteiger partial charge in [-0.25, -0.2) is 16.8 Å². The summed E-state index contributed by atoms with van der Waals surface area (Å²) < 4.78 is 57.5. The van der Waals surface area contributed by atoms with Gasteiger partial charge in [-0.2, -0.15) is 4.31 Å². The van der Waals surface area contributed by atoms with Crippen LogP contribution in [0.3, 0.4) is 0 Å². The second-order valence-electron chi connectivity index (χ2n) is 27.5. The summed E-state index contributed by atoms with van der Waals surface area (Å²) >= 11 is 0. The third-order valence-electron chi connectivity index (χ3n) is 13.8. The highest BCUT2D eigenvalue weighted by Gasteiger charge is 2.24. The first-order valence-corrected chi connectivity index (χ1v) is 36.9. The van der Waals surface area contributed by atoms with E-state index in [9.17, 15) is 30.6 Å². The maximum Gasteiger partial charge on any atom is 0.237 e. The molecule has 6 aliphatic heterocycles. The molecule has 17 nitrogen and oxygen atoms in total. The average molecular weight is 1320 g/mol. The van der Waals surface area contributed by atoms with E-state index >= 15 is 0 Å². The predicted molar refractivity (Wildman–Crippen MR) is 382 cm³/mol. The van der Waals surface area contributed by atoms with E-state index in [1.54, 1.807) is 6.92 Å². The normalized spacial score (nSPS) is 19.2. The minimum atomic E-state index is -3.01. The average Bonchev–Trinajstić information content (AvgIpc) is 3.54. The molecule has 6 aliphatic rings. The van der Waals surface area contributed by atoms with Crippen molar-refractivity contribution in [3.63, 3.8) is 0 Å². The molecule has 0 aromatic heterocycles. The van der Waals surface area contributed by atoms with Gasteiger partial charge in [0.2, 0.25) is 21.8 Å². The molecule has 0 spiro atoms. The highest BCUT2D eigenvalue weighted by molar-refractivity contribution is 7.91. The van der Waals surface area contributed by atoms with Gasteiger partial charge in [-0.1, -0.05) is 127 Å². The van der Waals surface area contributed by atoms with Crippen LogP contribution in [0.2, 0.25) is 0 Å². The van der Waals surface area contributed by atoms with Crippen molar-refractivity contribution in [2.24, 2.45) is 34.0 Å². The molecule has 0 atom stereocenters. The molecule has 0 aliphatic carbocycles. The topological polar surface area (TPSA) is 152 Å². The number of nitrogens with zero attached hydrogens (tertiary/aromatic N) is 10. The highest BCUT2D eigenvalue weighted by atomic mass is 32.2. The summed E-state index contributed by atoms with van der Waals surface area (Å²) in [4.78, 5) is 42.1. The molecule has 0 N–H and O–H groups in total. The molecule has 0 bridgehead atoms. The van der Waals surface area contributed by atoms with Crippen LogP contribution in [0, 0.1) is 105 Å². The van der Waals surface area contributed by atoms with E-state index in [0.29, 0.717) is 63.6 Å². The van der Waals surface area contributed by atoms with Gasteiger partial charge in [0, 0.05) is 181 Å². The van der Waals surface area contributed by atoms with Crippen LogP contribution >= 0.6 is 0 Å². The van der Waals surface area contributed by atoms with E-state index in [0.717, 1.165) is 103 Å². The van der Waals surface area contributed by atoms with Crippen LogP contribution in [0.25, 0.3) is 0 Å². The second kappa shape index (κ2) is 45.4. The van der Waals surface area contributed by atoms with Gasteiger partial charge < -0.3 is 14.7 Å². The fraction of sp³-hybridized carbons (Fsp3) is 0.800. The summed E-state index contributed by atoms with van der Waals surface area (Å²) in [5.74, 6) is 41.7. The third kappa shape index (κ3) is 47.9. The highest BCUT2D eigenvalue weighted by Crippen LogP contribution is 2.13.